The fourth-order valence-corrected chi connectivity index (χ4v) is 3.51. The molecule has 20 heavy (non-hydrogen) atoms. The van der Waals surface area contributed by atoms with E-state index in [0.717, 1.165) is 29.2 Å². The highest BCUT2D eigenvalue weighted by molar-refractivity contribution is 7.98. The number of halogens is 1. The zero-order valence-corrected chi connectivity index (χ0v) is 13.4. The van der Waals surface area contributed by atoms with Crippen molar-refractivity contribution in [3.8, 4) is 0 Å². The molecule has 0 aromatic heterocycles. The molecule has 0 spiro atoms. The number of benzene rings is 1. The molecule has 1 unspecified atom stereocenters. The summed E-state index contributed by atoms with van der Waals surface area (Å²) in [4.78, 5) is 12.0. The largest absolute Gasteiger partial charge is 0.468 e. The van der Waals surface area contributed by atoms with Crippen LogP contribution in [-0.4, -0.2) is 30.4 Å². The van der Waals surface area contributed by atoms with Crippen molar-refractivity contribution >= 4 is 29.3 Å². The van der Waals surface area contributed by atoms with Crippen molar-refractivity contribution < 1.29 is 9.53 Å². The van der Waals surface area contributed by atoms with Crippen LogP contribution in [0.25, 0.3) is 0 Å². The van der Waals surface area contributed by atoms with E-state index in [4.69, 9.17) is 16.3 Å². The van der Waals surface area contributed by atoms with E-state index in [1.807, 2.05) is 31.2 Å². The molecule has 1 fully saturated rings. The normalized spacial score (nSPS) is 17.6. The predicted octanol–water partition coefficient (Wildman–Crippen LogP) is 3.26. The molecule has 110 valence electrons. The van der Waals surface area contributed by atoms with E-state index in [0.29, 0.717) is 11.8 Å². The smallest absolute Gasteiger partial charge is 0.326 e. The molecule has 1 saturated carbocycles. The fourth-order valence-electron chi connectivity index (χ4n) is 2.04. The van der Waals surface area contributed by atoms with E-state index in [2.05, 4.69) is 5.32 Å². The van der Waals surface area contributed by atoms with E-state index < -0.39 is 5.54 Å². The Kier molecular flexibility index (Phi) is 5.35. The summed E-state index contributed by atoms with van der Waals surface area (Å²) in [5.41, 5.74) is 0.472. The number of thioether (sulfide) groups is 1. The number of rotatable bonds is 7. The van der Waals surface area contributed by atoms with Crippen molar-refractivity contribution in [1.29, 1.82) is 0 Å². The summed E-state index contributed by atoms with van der Waals surface area (Å²) < 4.78 is 4.93. The van der Waals surface area contributed by atoms with Crippen molar-refractivity contribution in [2.24, 2.45) is 0 Å². The number of ether oxygens (including phenoxy) is 1. The maximum Gasteiger partial charge on any atom is 0.326 e. The first-order valence-corrected chi connectivity index (χ1v) is 8.26. The Morgan fingerprint density at radius 1 is 1.50 bits per heavy atom. The highest BCUT2D eigenvalue weighted by Gasteiger charge is 2.39. The number of nitrogens with one attached hydrogen (secondary N) is 1. The first-order chi connectivity index (χ1) is 9.55. The second kappa shape index (κ2) is 6.83. The number of carbonyl (C=O) groups excluding carboxylic acids is 1. The third-order valence-electron chi connectivity index (χ3n) is 3.34. The van der Waals surface area contributed by atoms with Crippen LogP contribution in [0.2, 0.25) is 5.02 Å². The molecule has 3 nitrogen and oxygen atoms in total. The molecule has 1 aliphatic carbocycles. The van der Waals surface area contributed by atoms with Gasteiger partial charge in [0.15, 0.2) is 0 Å². The van der Waals surface area contributed by atoms with Crippen molar-refractivity contribution in [1.82, 2.24) is 5.32 Å². The lowest BCUT2D eigenvalue weighted by atomic mass is 10.1. The second-order valence-corrected chi connectivity index (χ2v) is 6.72. The molecule has 1 aromatic rings. The van der Waals surface area contributed by atoms with Gasteiger partial charge in [0.05, 0.1) is 7.11 Å². The summed E-state index contributed by atoms with van der Waals surface area (Å²) in [6.07, 6.45) is 2.28. The lowest BCUT2D eigenvalue weighted by molar-refractivity contribution is -0.147. The lowest BCUT2D eigenvalue weighted by Gasteiger charge is -2.27. The molecule has 2 rings (SSSR count). The van der Waals surface area contributed by atoms with Gasteiger partial charge in [-0.15, -0.1) is 0 Å². The zero-order chi connectivity index (χ0) is 14.6. The predicted molar refractivity (Wildman–Crippen MR) is 84.2 cm³/mol. The first-order valence-electron chi connectivity index (χ1n) is 6.72. The minimum absolute atomic E-state index is 0.198. The Morgan fingerprint density at radius 2 is 2.20 bits per heavy atom. The van der Waals surface area contributed by atoms with Gasteiger partial charge in [-0.1, -0.05) is 29.8 Å². The van der Waals surface area contributed by atoms with Gasteiger partial charge in [0.25, 0.3) is 0 Å². The molecule has 0 heterocycles. The van der Waals surface area contributed by atoms with E-state index in [9.17, 15) is 4.79 Å². The minimum atomic E-state index is -0.623. The van der Waals surface area contributed by atoms with Gasteiger partial charge in [0, 0.05) is 22.6 Å². The average Bonchev–Trinajstić information content (AvgIpc) is 3.23. The maximum atomic E-state index is 12.0. The number of hydrogen-bond acceptors (Lipinski definition) is 4. The molecular formula is C15H20ClNO2S. The van der Waals surface area contributed by atoms with Crippen LogP contribution in [0.15, 0.2) is 24.3 Å². The van der Waals surface area contributed by atoms with E-state index in [1.54, 1.807) is 11.8 Å². The van der Waals surface area contributed by atoms with Crippen molar-refractivity contribution in [2.75, 3.05) is 12.9 Å². The average molecular weight is 314 g/mol. The molecular weight excluding hydrogens is 294 g/mol. The molecule has 1 aromatic carbocycles. The lowest BCUT2D eigenvalue weighted by Crippen LogP contribution is -2.53. The van der Waals surface area contributed by atoms with Gasteiger partial charge in [-0.3, -0.25) is 10.1 Å². The van der Waals surface area contributed by atoms with Crippen LogP contribution in [0.4, 0.5) is 0 Å². The summed E-state index contributed by atoms with van der Waals surface area (Å²) in [6, 6.07) is 8.26. The van der Waals surface area contributed by atoms with Crippen LogP contribution in [0, 0.1) is 0 Å². The van der Waals surface area contributed by atoms with Crippen LogP contribution < -0.4 is 5.32 Å². The first kappa shape index (κ1) is 15.7. The number of hydrogen-bond donors (Lipinski definition) is 1. The van der Waals surface area contributed by atoms with E-state index in [1.165, 1.54) is 7.11 Å². The fraction of sp³-hybridized carbons (Fsp3) is 0.533. The quantitative estimate of drug-likeness (QED) is 0.784. The Bertz CT molecular complexity index is 479. The summed E-state index contributed by atoms with van der Waals surface area (Å²) >= 11 is 7.83. The van der Waals surface area contributed by atoms with Crippen molar-refractivity contribution in [3.63, 3.8) is 0 Å². The third-order valence-corrected chi connectivity index (χ3v) is 5.01. The molecule has 1 atom stereocenters. The van der Waals surface area contributed by atoms with Crippen LogP contribution >= 0.6 is 23.4 Å². The number of methoxy groups -OCH3 is 1. The van der Waals surface area contributed by atoms with Crippen molar-refractivity contribution in [2.45, 2.75) is 37.1 Å². The Labute approximate surface area is 129 Å². The molecule has 0 bridgehead atoms. The molecule has 5 heteroatoms. The van der Waals surface area contributed by atoms with Gasteiger partial charge in [0.2, 0.25) is 0 Å². The van der Waals surface area contributed by atoms with Crippen LogP contribution in [0.3, 0.4) is 0 Å². The molecule has 0 aliphatic heterocycles. The molecule has 1 N–H and O–H groups in total. The Morgan fingerprint density at radius 3 is 2.80 bits per heavy atom. The molecule has 0 amide bonds. The van der Waals surface area contributed by atoms with Crippen molar-refractivity contribution in [3.05, 3.63) is 34.9 Å². The maximum absolute atomic E-state index is 12.0. The molecule has 0 radical (unpaired) electrons. The van der Waals surface area contributed by atoms with Crippen LogP contribution in [-0.2, 0) is 15.3 Å². The minimum Gasteiger partial charge on any atom is -0.468 e. The number of esters is 1. The van der Waals surface area contributed by atoms with E-state index in [-0.39, 0.29) is 5.97 Å². The molecule has 1 aliphatic rings. The highest BCUT2D eigenvalue weighted by Crippen LogP contribution is 2.27. The zero-order valence-electron chi connectivity index (χ0n) is 11.8. The Hall–Kier alpha value is -0.710. The topological polar surface area (TPSA) is 38.3 Å². The van der Waals surface area contributed by atoms with Gasteiger partial charge in [-0.25, -0.2) is 0 Å². The third kappa shape index (κ3) is 4.14. The standard InChI is InChI=1S/C15H20ClNO2S/c1-15(14(18)19-2,17-12-7-8-12)10-20-9-11-5-3-4-6-13(11)16/h3-6,12,17H,7-10H2,1-2H3. The van der Waals surface area contributed by atoms with Crippen LogP contribution in [0.5, 0.6) is 0 Å². The van der Waals surface area contributed by atoms with Gasteiger partial charge in [0.1, 0.15) is 5.54 Å². The summed E-state index contributed by atoms with van der Waals surface area (Å²) in [5, 5.41) is 4.16. The van der Waals surface area contributed by atoms with E-state index >= 15 is 0 Å². The summed E-state index contributed by atoms with van der Waals surface area (Å²) in [6.45, 7) is 1.91. The summed E-state index contributed by atoms with van der Waals surface area (Å²) in [5.74, 6) is 1.26. The van der Waals surface area contributed by atoms with Gasteiger partial charge in [-0.05, 0) is 31.4 Å². The van der Waals surface area contributed by atoms with Crippen LogP contribution in [0.1, 0.15) is 25.3 Å². The van der Waals surface area contributed by atoms with Gasteiger partial charge < -0.3 is 4.74 Å². The SMILES string of the molecule is COC(=O)C(C)(CSCc1ccccc1Cl)NC1CC1. The summed E-state index contributed by atoms with van der Waals surface area (Å²) in [7, 11) is 1.44. The highest BCUT2D eigenvalue weighted by atomic mass is 35.5. The number of carbonyl (C=O) groups is 1. The monoisotopic (exact) mass is 313 g/mol. The van der Waals surface area contributed by atoms with Gasteiger partial charge >= 0.3 is 5.97 Å². The van der Waals surface area contributed by atoms with Gasteiger partial charge in [-0.2, -0.15) is 11.8 Å². The molecule has 0 saturated heterocycles. The second-order valence-electron chi connectivity index (χ2n) is 5.33. The Balaban J connectivity index is 1.91.